The molecule has 4 aromatic carbocycles. The Hall–Kier alpha value is -3.37. The quantitative estimate of drug-likeness (QED) is 0.120. The highest BCUT2D eigenvalue weighted by molar-refractivity contribution is 7.97. The first-order chi connectivity index (χ1) is 20.0. The molecule has 6 heteroatoms. The van der Waals surface area contributed by atoms with Crippen molar-refractivity contribution in [3.8, 4) is 0 Å². The SMILES string of the molecule is C=C(ON[C@H]1COC1=O)c1ccccc1.CSC.[2H]CC[2H].c1ccc(P(c2ccccc2)c2ccccc2)cc1. The molecule has 0 unspecified atom stereocenters. The summed E-state index contributed by atoms with van der Waals surface area (Å²) in [4.78, 5) is 15.9. The van der Waals surface area contributed by atoms with Crippen LogP contribution in [0, 0.1) is 0 Å². The summed E-state index contributed by atoms with van der Waals surface area (Å²) in [7, 11) is -0.446. The Morgan fingerprint density at radius 3 is 1.51 bits per heavy atom. The molecule has 1 aliphatic rings. The normalized spacial score (nSPS) is 13.7. The van der Waals surface area contributed by atoms with Gasteiger partial charge in [-0.1, -0.05) is 142 Å². The van der Waals surface area contributed by atoms with E-state index in [4.69, 9.17) is 7.58 Å². The van der Waals surface area contributed by atoms with E-state index in [0.29, 0.717) is 12.4 Å². The molecule has 0 aromatic heterocycles. The van der Waals surface area contributed by atoms with E-state index in [1.165, 1.54) is 15.9 Å². The molecule has 204 valence electrons. The highest BCUT2D eigenvalue weighted by Crippen LogP contribution is 2.32. The van der Waals surface area contributed by atoms with Gasteiger partial charge in [0.1, 0.15) is 12.4 Å². The summed E-state index contributed by atoms with van der Waals surface area (Å²) >= 11 is 1.75. The number of carbonyl (C=O) groups excluding carboxylic acids is 1. The molecule has 0 radical (unpaired) electrons. The van der Waals surface area contributed by atoms with Gasteiger partial charge in [-0.2, -0.15) is 11.8 Å². The second kappa shape index (κ2) is 18.8. The van der Waals surface area contributed by atoms with Crippen molar-refractivity contribution in [3.63, 3.8) is 0 Å². The van der Waals surface area contributed by atoms with E-state index in [0.717, 1.165) is 5.56 Å². The summed E-state index contributed by atoms with van der Waals surface area (Å²) in [5.41, 5.74) is 3.47. The minimum atomic E-state index is -0.446. The van der Waals surface area contributed by atoms with Crippen LogP contribution in [0.4, 0.5) is 0 Å². The molecule has 5 rings (SSSR count). The number of carbonyl (C=O) groups is 1. The van der Waals surface area contributed by atoms with E-state index >= 15 is 0 Å². The van der Waals surface area contributed by atoms with Crippen molar-refractivity contribution in [2.75, 3.05) is 19.1 Å². The molecule has 0 spiro atoms. The molecule has 1 heterocycles. The lowest BCUT2D eigenvalue weighted by Crippen LogP contribution is -2.50. The number of thioether (sulfide) groups is 1. The lowest BCUT2D eigenvalue weighted by Gasteiger charge is -2.25. The van der Waals surface area contributed by atoms with Gasteiger partial charge in [-0.3, -0.25) is 4.79 Å². The largest absolute Gasteiger partial charge is 0.462 e. The van der Waals surface area contributed by atoms with Crippen LogP contribution in [0.5, 0.6) is 0 Å². The van der Waals surface area contributed by atoms with Gasteiger partial charge in [-0.25, -0.2) is 0 Å². The summed E-state index contributed by atoms with van der Waals surface area (Å²) in [6.07, 6.45) is 4.08. The summed E-state index contributed by atoms with van der Waals surface area (Å²) in [5, 5.41) is 4.19. The number of benzene rings is 4. The van der Waals surface area contributed by atoms with Gasteiger partial charge in [0.2, 0.25) is 0 Å². The zero-order chi connectivity index (χ0) is 29.7. The Bertz CT molecular complexity index is 1160. The predicted molar refractivity (Wildman–Crippen MR) is 170 cm³/mol. The Labute approximate surface area is 242 Å². The number of hydrogen-bond donors (Lipinski definition) is 1. The van der Waals surface area contributed by atoms with Gasteiger partial charge >= 0.3 is 5.97 Å². The Morgan fingerprint density at radius 2 is 1.21 bits per heavy atom. The Balaban J connectivity index is 0.000000239. The molecular weight excluding hydrogens is 521 g/mol. The summed E-state index contributed by atoms with van der Waals surface area (Å²) in [5.74, 6) is 0.186. The van der Waals surface area contributed by atoms with Crippen LogP contribution in [0.3, 0.4) is 0 Å². The van der Waals surface area contributed by atoms with Crippen molar-refractivity contribution in [2.45, 2.75) is 19.8 Å². The molecule has 0 aliphatic carbocycles. The second-order valence-corrected chi connectivity index (χ2v) is 11.0. The van der Waals surface area contributed by atoms with Gasteiger partial charge < -0.3 is 9.57 Å². The third-order valence-corrected chi connectivity index (χ3v) is 7.58. The first kappa shape index (κ1) is 28.6. The molecule has 0 amide bonds. The number of hydrogen-bond acceptors (Lipinski definition) is 5. The molecule has 1 N–H and O–H groups in total. The Kier molecular flexibility index (Phi) is 13.8. The number of ether oxygens (including phenoxy) is 1. The molecule has 4 aromatic rings. The maximum absolute atomic E-state index is 10.8. The second-order valence-electron chi connectivity index (χ2n) is 7.94. The zero-order valence-corrected chi connectivity index (χ0v) is 24.2. The van der Waals surface area contributed by atoms with Crippen LogP contribution in [0.2, 0.25) is 0 Å². The van der Waals surface area contributed by atoms with Crippen LogP contribution in [0.1, 0.15) is 22.1 Å². The summed E-state index contributed by atoms with van der Waals surface area (Å²) in [6.45, 7) is 4.56. The summed E-state index contributed by atoms with van der Waals surface area (Å²) < 4.78 is 17.1. The van der Waals surface area contributed by atoms with Gasteiger partial charge in [0.25, 0.3) is 0 Å². The lowest BCUT2D eigenvalue weighted by molar-refractivity contribution is -0.168. The first-order valence-corrected chi connectivity index (χ1v) is 15.3. The fraction of sp³-hybridized carbons (Fsp3) is 0.182. The number of hydroxylamine groups is 1. The molecule has 1 fully saturated rings. The average molecular weight is 562 g/mol. The van der Waals surface area contributed by atoms with Crippen LogP contribution in [0.15, 0.2) is 128 Å². The van der Waals surface area contributed by atoms with E-state index < -0.39 is 7.92 Å². The molecule has 1 saturated heterocycles. The van der Waals surface area contributed by atoms with Crippen molar-refractivity contribution in [3.05, 3.63) is 133 Å². The van der Waals surface area contributed by atoms with Gasteiger partial charge in [-0.05, 0) is 36.3 Å². The van der Waals surface area contributed by atoms with Crippen LogP contribution in [0.25, 0.3) is 5.76 Å². The number of cyclic esters (lactones) is 1. The molecule has 1 atom stereocenters. The summed E-state index contributed by atoms with van der Waals surface area (Å²) in [6, 6.07) is 41.4. The minimum absolute atomic E-state index is 0.236. The van der Waals surface area contributed by atoms with Crippen molar-refractivity contribution < 1.29 is 17.1 Å². The van der Waals surface area contributed by atoms with E-state index in [-0.39, 0.29) is 25.8 Å². The fourth-order valence-corrected chi connectivity index (χ4v) is 5.63. The van der Waals surface area contributed by atoms with Crippen LogP contribution >= 0.6 is 19.7 Å². The highest BCUT2D eigenvalue weighted by atomic mass is 32.2. The van der Waals surface area contributed by atoms with Crippen molar-refractivity contribution in [1.82, 2.24) is 5.48 Å². The molecule has 39 heavy (non-hydrogen) atoms. The average Bonchev–Trinajstić information content (AvgIpc) is 3.03. The van der Waals surface area contributed by atoms with Crippen molar-refractivity contribution in [2.24, 2.45) is 0 Å². The maximum Gasteiger partial charge on any atom is 0.330 e. The molecule has 0 saturated carbocycles. The standard InChI is InChI=1S/C18H15P.C11H11NO3.C2H6S.C2H6/c1-4-10-16(11-5-1)19(17-12-6-2-7-13-17)18-14-8-3-9-15-18;1-8(9-5-3-2-4-6-9)15-12-10-7-14-11(10)13;1-3-2;1-2/h1-15H;2-6,10,12H,1,7H2;1-2H3;1-2H3/t;10-;;/m.0../s1/i;;;1D,2D. The minimum Gasteiger partial charge on any atom is -0.462 e. The predicted octanol–water partition coefficient (Wildman–Crippen LogP) is 6.55. The third-order valence-electron chi connectivity index (χ3n) is 5.14. The molecule has 0 bridgehead atoms. The van der Waals surface area contributed by atoms with Gasteiger partial charge in [0.05, 0.1) is 0 Å². The lowest BCUT2D eigenvalue weighted by atomic mass is 10.2. The Morgan fingerprint density at radius 1 is 0.821 bits per heavy atom. The maximum atomic E-state index is 10.8. The highest BCUT2D eigenvalue weighted by Gasteiger charge is 2.31. The molecule has 4 nitrogen and oxygen atoms in total. The third kappa shape index (κ3) is 10.7. The topological polar surface area (TPSA) is 47.6 Å². The van der Waals surface area contributed by atoms with Crippen molar-refractivity contribution in [1.29, 1.82) is 0 Å². The number of esters is 1. The smallest absolute Gasteiger partial charge is 0.330 e. The van der Waals surface area contributed by atoms with Crippen LogP contribution in [-0.4, -0.2) is 31.1 Å². The van der Waals surface area contributed by atoms with Crippen LogP contribution in [-0.2, 0) is 14.4 Å². The van der Waals surface area contributed by atoms with E-state index in [9.17, 15) is 4.79 Å². The van der Waals surface area contributed by atoms with E-state index in [2.05, 4.69) is 108 Å². The van der Waals surface area contributed by atoms with Gasteiger partial charge in [0.15, 0.2) is 6.04 Å². The zero-order valence-electron chi connectivity index (χ0n) is 24.5. The number of rotatable bonds is 7. The van der Waals surface area contributed by atoms with Gasteiger partial charge in [-0.15, -0.1) is 5.48 Å². The molecule has 1 aliphatic heterocycles. The van der Waals surface area contributed by atoms with E-state index in [1.807, 2.05) is 42.8 Å². The van der Waals surface area contributed by atoms with Crippen molar-refractivity contribution >= 4 is 47.3 Å². The first-order valence-electron chi connectivity index (χ1n) is 13.7. The number of nitrogens with one attached hydrogen (secondary N) is 1. The van der Waals surface area contributed by atoms with Gasteiger partial charge in [0, 0.05) is 8.30 Å². The molecular formula is C33H38NO3PS. The van der Waals surface area contributed by atoms with Crippen LogP contribution < -0.4 is 21.4 Å². The fourth-order valence-electron chi connectivity index (χ4n) is 3.32. The monoisotopic (exact) mass is 561 g/mol. The van der Waals surface area contributed by atoms with E-state index in [1.54, 1.807) is 11.8 Å².